The van der Waals surface area contributed by atoms with Gasteiger partial charge in [0.25, 0.3) is 0 Å². The van der Waals surface area contributed by atoms with Crippen molar-refractivity contribution in [1.29, 1.82) is 0 Å². The molecule has 1 unspecified atom stereocenters. The van der Waals surface area contributed by atoms with E-state index in [2.05, 4.69) is 39.4 Å². The number of H-pyrrole nitrogens is 2. The number of aromatic amines is 2. The highest BCUT2D eigenvalue weighted by molar-refractivity contribution is 5.74. The van der Waals surface area contributed by atoms with Crippen LogP contribution in [0.25, 0.3) is 11.0 Å². The molecule has 0 amide bonds. The molecule has 1 fully saturated rings. The number of hydrogen-bond acceptors (Lipinski definition) is 3. The van der Waals surface area contributed by atoms with E-state index in [1.165, 1.54) is 12.0 Å². The van der Waals surface area contributed by atoms with E-state index in [1.807, 2.05) is 6.07 Å². The zero-order valence-electron chi connectivity index (χ0n) is 11.2. The maximum Gasteiger partial charge on any atom is 0.323 e. The van der Waals surface area contributed by atoms with Crippen molar-refractivity contribution >= 4 is 11.0 Å². The smallest absolute Gasteiger partial charge is 0.315 e. The second-order valence-corrected chi connectivity index (χ2v) is 5.34. The molecular formula is C14H20N4O. The summed E-state index contributed by atoms with van der Waals surface area (Å²) >= 11 is 0. The van der Waals surface area contributed by atoms with Gasteiger partial charge < -0.3 is 20.2 Å². The molecule has 3 N–H and O–H groups in total. The van der Waals surface area contributed by atoms with Crippen molar-refractivity contribution < 1.29 is 0 Å². The highest BCUT2D eigenvalue weighted by Gasteiger charge is 2.18. The van der Waals surface area contributed by atoms with Crippen LogP contribution >= 0.6 is 0 Å². The van der Waals surface area contributed by atoms with Gasteiger partial charge >= 0.3 is 5.69 Å². The van der Waals surface area contributed by atoms with Crippen LogP contribution in [-0.4, -0.2) is 47.6 Å². The van der Waals surface area contributed by atoms with Gasteiger partial charge in [0, 0.05) is 19.1 Å². The molecule has 1 atom stereocenters. The molecule has 3 rings (SSSR count). The number of aromatic nitrogens is 2. The van der Waals surface area contributed by atoms with Crippen molar-refractivity contribution in [3.63, 3.8) is 0 Å². The Morgan fingerprint density at radius 1 is 1.32 bits per heavy atom. The second-order valence-electron chi connectivity index (χ2n) is 5.34. The van der Waals surface area contributed by atoms with Crippen molar-refractivity contribution in [2.75, 3.05) is 26.7 Å². The fourth-order valence-corrected chi connectivity index (χ4v) is 2.74. The van der Waals surface area contributed by atoms with Crippen LogP contribution in [0.4, 0.5) is 0 Å². The Hall–Kier alpha value is -1.59. The van der Waals surface area contributed by atoms with Gasteiger partial charge in [-0.25, -0.2) is 4.79 Å². The van der Waals surface area contributed by atoms with E-state index in [-0.39, 0.29) is 5.69 Å². The van der Waals surface area contributed by atoms with Gasteiger partial charge in [-0.05, 0) is 44.1 Å². The maximum absolute atomic E-state index is 11.2. The van der Waals surface area contributed by atoms with Gasteiger partial charge in [-0.3, -0.25) is 0 Å². The summed E-state index contributed by atoms with van der Waals surface area (Å²) in [5.41, 5.74) is 2.90. The summed E-state index contributed by atoms with van der Waals surface area (Å²) < 4.78 is 0. The number of fused-ring (bicyclic) bond motifs is 1. The zero-order valence-corrected chi connectivity index (χ0v) is 11.2. The highest BCUT2D eigenvalue weighted by Crippen LogP contribution is 2.12. The van der Waals surface area contributed by atoms with Gasteiger partial charge in [0.2, 0.25) is 0 Å². The van der Waals surface area contributed by atoms with Gasteiger partial charge in [-0.15, -0.1) is 0 Å². The lowest BCUT2D eigenvalue weighted by Crippen LogP contribution is -2.34. The molecule has 0 spiro atoms. The summed E-state index contributed by atoms with van der Waals surface area (Å²) in [5.74, 6) is 0. The number of nitrogens with one attached hydrogen (secondary N) is 3. The van der Waals surface area contributed by atoms with Crippen molar-refractivity contribution in [3.05, 3.63) is 34.2 Å². The van der Waals surface area contributed by atoms with Crippen LogP contribution < -0.4 is 11.0 Å². The fraction of sp³-hybridized carbons (Fsp3) is 0.500. The predicted molar refractivity (Wildman–Crippen MR) is 76.5 cm³/mol. The Labute approximate surface area is 112 Å². The molecule has 1 aliphatic heterocycles. The molecule has 1 aliphatic rings. The third-order valence-corrected chi connectivity index (χ3v) is 3.99. The van der Waals surface area contributed by atoms with E-state index in [0.29, 0.717) is 6.04 Å². The lowest BCUT2D eigenvalue weighted by molar-refractivity contribution is 0.260. The third-order valence-electron chi connectivity index (χ3n) is 3.99. The van der Waals surface area contributed by atoms with Crippen molar-refractivity contribution in [1.82, 2.24) is 20.2 Å². The van der Waals surface area contributed by atoms with Crippen LogP contribution in [0, 0.1) is 0 Å². The van der Waals surface area contributed by atoms with Gasteiger partial charge in [0.15, 0.2) is 0 Å². The molecule has 1 aromatic heterocycles. The van der Waals surface area contributed by atoms with Crippen LogP contribution in [0.15, 0.2) is 23.0 Å². The molecule has 5 heteroatoms. The molecule has 2 aromatic rings. The molecule has 102 valence electrons. The van der Waals surface area contributed by atoms with E-state index in [0.717, 1.165) is 37.1 Å². The van der Waals surface area contributed by atoms with Crippen molar-refractivity contribution in [2.45, 2.75) is 18.9 Å². The number of nitrogens with zero attached hydrogens (tertiary/aromatic N) is 1. The van der Waals surface area contributed by atoms with Gasteiger partial charge in [0.05, 0.1) is 11.0 Å². The largest absolute Gasteiger partial charge is 0.323 e. The molecule has 5 nitrogen and oxygen atoms in total. The Bertz CT molecular complexity index is 609. The predicted octanol–water partition coefficient (Wildman–Crippen LogP) is 0.692. The zero-order chi connectivity index (χ0) is 13.2. The Morgan fingerprint density at radius 3 is 2.95 bits per heavy atom. The van der Waals surface area contributed by atoms with E-state index >= 15 is 0 Å². The van der Waals surface area contributed by atoms with Crippen LogP contribution in [0.3, 0.4) is 0 Å². The molecule has 0 radical (unpaired) electrons. The summed E-state index contributed by atoms with van der Waals surface area (Å²) in [6.07, 6.45) is 2.25. The molecule has 19 heavy (non-hydrogen) atoms. The lowest BCUT2D eigenvalue weighted by atomic mass is 10.1. The van der Waals surface area contributed by atoms with Crippen LogP contribution in [0.5, 0.6) is 0 Å². The third kappa shape index (κ3) is 2.72. The average molecular weight is 260 g/mol. The fourth-order valence-electron chi connectivity index (χ4n) is 2.74. The summed E-state index contributed by atoms with van der Waals surface area (Å²) in [4.78, 5) is 19.2. The first-order chi connectivity index (χ1) is 9.22. The number of imidazole rings is 1. The molecule has 0 bridgehead atoms. The van der Waals surface area contributed by atoms with Crippen LogP contribution in [-0.2, 0) is 6.42 Å². The highest BCUT2D eigenvalue weighted by atomic mass is 16.1. The summed E-state index contributed by atoms with van der Waals surface area (Å²) in [7, 11) is 2.19. The number of benzene rings is 1. The molecule has 0 saturated carbocycles. The molecular weight excluding hydrogens is 240 g/mol. The van der Waals surface area contributed by atoms with Crippen molar-refractivity contribution in [2.24, 2.45) is 0 Å². The first-order valence-corrected chi connectivity index (χ1v) is 6.84. The van der Waals surface area contributed by atoms with E-state index < -0.39 is 0 Å². The minimum absolute atomic E-state index is 0.138. The second kappa shape index (κ2) is 5.19. The molecule has 1 saturated heterocycles. The number of rotatable bonds is 4. The van der Waals surface area contributed by atoms with Crippen LogP contribution in [0.1, 0.15) is 12.0 Å². The van der Waals surface area contributed by atoms with Gasteiger partial charge in [-0.2, -0.15) is 0 Å². The SMILES string of the molecule is CN(CCc1ccc2[nH]c(=O)[nH]c2c1)C1CCNC1. The maximum atomic E-state index is 11.2. The minimum Gasteiger partial charge on any atom is -0.315 e. The minimum atomic E-state index is -0.138. The normalized spacial score (nSPS) is 19.6. The quantitative estimate of drug-likeness (QED) is 0.758. The molecule has 0 aliphatic carbocycles. The summed E-state index contributed by atoms with van der Waals surface area (Å²) in [5, 5.41) is 3.39. The number of likely N-dealkylation sites (N-methyl/N-ethyl adjacent to an activating group) is 1. The van der Waals surface area contributed by atoms with Gasteiger partial charge in [-0.1, -0.05) is 6.07 Å². The summed E-state index contributed by atoms with van der Waals surface area (Å²) in [6.45, 7) is 3.28. The van der Waals surface area contributed by atoms with E-state index in [1.54, 1.807) is 0 Å². The Kier molecular flexibility index (Phi) is 3.40. The van der Waals surface area contributed by atoms with Crippen LogP contribution in [0.2, 0.25) is 0 Å². The monoisotopic (exact) mass is 260 g/mol. The first-order valence-electron chi connectivity index (χ1n) is 6.84. The van der Waals surface area contributed by atoms with Gasteiger partial charge in [0.1, 0.15) is 0 Å². The molecule has 2 heterocycles. The molecule has 1 aromatic carbocycles. The lowest BCUT2D eigenvalue weighted by Gasteiger charge is -2.23. The Balaban J connectivity index is 1.65. The van der Waals surface area contributed by atoms with E-state index in [9.17, 15) is 4.79 Å². The Morgan fingerprint density at radius 2 is 2.16 bits per heavy atom. The first kappa shape index (κ1) is 12.4. The number of hydrogen-bond donors (Lipinski definition) is 3. The topological polar surface area (TPSA) is 63.9 Å². The summed E-state index contributed by atoms with van der Waals surface area (Å²) in [6, 6.07) is 6.79. The van der Waals surface area contributed by atoms with E-state index in [4.69, 9.17) is 0 Å². The standard InChI is InChI=1S/C14H20N4O/c1-18(11-4-6-15-9-11)7-5-10-2-3-12-13(8-10)17-14(19)16-12/h2-3,8,11,15H,4-7,9H2,1H3,(H2,16,17,19). The average Bonchev–Trinajstić information content (AvgIpc) is 3.03. The van der Waals surface area contributed by atoms with Crippen molar-refractivity contribution in [3.8, 4) is 0 Å².